The molecule has 4 heterocycles. The number of hydrogen-bond acceptors (Lipinski definition) is 3. The Morgan fingerprint density at radius 3 is 2.48 bits per heavy atom. The first-order valence-corrected chi connectivity index (χ1v) is 9.99. The highest BCUT2D eigenvalue weighted by Crippen LogP contribution is 2.27. The molecule has 2 aromatic rings. The second-order valence-electron chi connectivity index (χ2n) is 7.76. The monoisotopic (exact) mass is 365 g/mol. The Kier molecular flexibility index (Phi) is 5.12. The number of nitrogens with one attached hydrogen (secondary N) is 1. The highest BCUT2D eigenvalue weighted by Gasteiger charge is 2.34. The van der Waals surface area contributed by atoms with E-state index in [0.29, 0.717) is 11.5 Å². The van der Waals surface area contributed by atoms with Crippen LogP contribution in [-0.2, 0) is 6.42 Å². The zero-order chi connectivity index (χ0) is 18.8. The van der Waals surface area contributed by atoms with Gasteiger partial charge in [0.05, 0.1) is 5.56 Å². The van der Waals surface area contributed by atoms with Crippen LogP contribution >= 0.6 is 0 Å². The van der Waals surface area contributed by atoms with Crippen molar-refractivity contribution in [3.8, 4) is 5.69 Å². The van der Waals surface area contributed by atoms with Crippen LogP contribution in [0.2, 0.25) is 0 Å². The third-order valence-electron chi connectivity index (χ3n) is 5.90. The van der Waals surface area contributed by atoms with Crippen molar-refractivity contribution in [3.63, 3.8) is 0 Å². The molecular weight excluding hydrogens is 338 g/mol. The minimum atomic E-state index is -0.127. The molecule has 3 aliphatic heterocycles. The van der Waals surface area contributed by atoms with E-state index >= 15 is 0 Å². The van der Waals surface area contributed by atoms with E-state index < -0.39 is 0 Å². The van der Waals surface area contributed by atoms with Crippen molar-refractivity contribution >= 4 is 5.91 Å². The van der Waals surface area contributed by atoms with Gasteiger partial charge in [-0.25, -0.2) is 0 Å². The highest BCUT2D eigenvalue weighted by molar-refractivity contribution is 5.94. The summed E-state index contributed by atoms with van der Waals surface area (Å²) >= 11 is 0. The molecule has 1 atom stereocenters. The Labute approximate surface area is 160 Å². The molecule has 2 bridgehead atoms. The van der Waals surface area contributed by atoms with Gasteiger partial charge in [0.2, 0.25) is 0 Å². The van der Waals surface area contributed by atoms with Gasteiger partial charge < -0.3 is 10.2 Å². The predicted octanol–water partition coefficient (Wildman–Crippen LogP) is 2.61. The molecule has 0 spiro atoms. The maximum Gasteiger partial charge on any atom is 0.255 e. The topological polar surface area (TPSA) is 54.3 Å². The minimum absolute atomic E-state index is 0.0925. The molecule has 1 N–H and O–H groups in total. The Bertz CT molecular complexity index is 864. The van der Waals surface area contributed by atoms with Gasteiger partial charge in [0.25, 0.3) is 11.5 Å². The molecular formula is C22H27N3O2. The van der Waals surface area contributed by atoms with Crippen LogP contribution in [0.3, 0.4) is 0 Å². The molecule has 5 rings (SSSR count). The number of carbonyl (C=O) groups is 1. The maximum absolute atomic E-state index is 12.8. The first-order chi connectivity index (χ1) is 13.1. The molecule has 1 unspecified atom stereocenters. The predicted molar refractivity (Wildman–Crippen MR) is 106 cm³/mol. The number of aromatic nitrogens is 1. The second kappa shape index (κ2) is 7.69. The summed E-state index contributed by atoms with van der Waals surface area (Å²) in [4.78, 5) is 27.5. The Morgan fingerprint density at radius 2 is 1.85 bits per heavy atom. The van der Waals surface area contributed by atoms with E-state index in [-0.39, 0.29) is 17.5 Å². The zero-order valence-electron chi connectivity index (χ0n) is 15.9. The molecule has 5 heteroatoms. The number of aryl methyl sites for hydroxylation is 1. The standard InChI is InChI=1S/C22H27N3O2/c1-2-3-16-4-7-19(8-5-16)25-14-18(6-9-21(25)26)22(27)23-20-15-24-12-10-17(20)11-13-24/h4-9,14,17,20H,2-3,10-13,15H2,1H3,(H,23,27). The van der Waals surface area contributed by atoms with Crippen LogP contribution < -0.4 is 10.9 Å². The summed E-state index contributed by atoms with van der Waals surface area (Å²) < 4.78 is 1.56. The molecule has 1 aromatic heterocycles. The SMILES string of the molecule is CCCc1ccc(-n2cc(C(=O)NC3CN4CCC3CC4)ccc2=O)cc1. The van der Waals surface area contributed by atoms with Crippen LogP contribution in [-0.4, -0.2) is 41.1 Å². The maximum atomic E-state index is 12.8. The fraction of sp³-hybridized carbons (Fsp3) is 0.455. The van der Waals surface area contributed by atoms with Crippen molar-refractivity contribution in [1.82, 2.24) is 14.8 Å². The van der Waals surface area contributed by atoms with Crippen LogP contribution in [0.1, 0.15) is 42.1 Å². The Morgan fingerprint density at radius 1 is 1.11 bits per heavy atom. The lowest BCUT2D eigenvalue weighted by Gasteiger charge is -2.44. The van der Waals surface area contributed by atoms with Crippen molar-refractivity contribution in [1.29, 1.82) is 0 Å². The summed E-state index contributed by atoms with van der Waals surface area (Å²) in [5.74, 6) is 0.487. The normalized spacial score (nSPS) is 24.0. The van der Waals surface area contributed by atoms with Crippen LogP contribution in [0.4, 0.5) is 0 Å². The van der Waals surface area contributed by atoms with Gasteiger partial charge in [-0.2, -0.15) is 0 Å². The lowest BCUT2D eigenvalue weighted by Crippen LogP contribution is -2.57. The number of benzene rings is 1. The molecule has 0 aliphatic carbocycles. The van der Waals surface area contributed by atoms with E-state index in [1.54, 1.807) is 16.8 Å². The fourth-order valence-electron chi connectivity index (χ4n) is 4.32. The van der Waals surface area contributed by atoms with Gasteiger partial charge in [0.15, 0.2) is 0 Å². The van der Waals surface area contributed by atoms with Crippen molar-refractivity contribution < 1.29 is 4.79 Å². The number of piperidine rings is 3. The molecule has 1 aromatic carbocycles. The number of rotatable bonds is 5. The van der Waals surface area contributed by atoms with E-state index in [0.717, 1.165) is 51.0 Å². The van der Waals surface area contributed by atoms with Gasteiger partial charge in [0, 0.05) is 30.5 Å². The summed E-state index contributed by atoms with van der Waals surface area (Å²) in [6.07, 6.45) is 6.10. The molecule has 0 saturated carbocycles. The molecule has 3 aliphatic rings. The Hall–Kier alpha value is -2.40. The average molecular weight is 365 g/mol. The van der Waals surface area contributed by atoms with Crippen molar-refractivity contribution in [2.45, 2.75) is 38.6 Å². The van der Waals surface area contributed by atoms with Gasteiger partial charge in [-0.3, -0.25) is 14.2 Å². The first-order valence-electron chi connectivity index (χ1n) is 9.99. The van der Waals surface area contributed by atoms with E-state index in [1.807, 2.05) is 24.3 Å². The zero-order valence-corrected chi connectivity index (χ0v) is 15.9. The van der Waals surface area contributed by atoms with E-state index in [2.05, 4.69) is 17.1 Å². The first kappa shape index (κ1) is 18.0. The number of pyridine rings is 1. The quantitative estimate of drug-likeness (QED) is 0.886. The van der Waals surface area contributed by atoms with Gasteiger partial charge in [-0.1, -0.05) is 25.5 Å². The second-order valence-corrected chi connectivity index (χ2v) is 7.76. The van der Waals surface area contributed by atoms with Crippen LogP contribution in [0.25, 0.3) is 5.69 Å². The third-order valence-corrected chi connectivity index (χ3v) is 5.90. The summed E-state index contributed by atoms with van der Waals surface area (Å²) in [5.41, 5.74) is 2.45. The molecule has 3 saturated heterocycles. The number of fused-ring (bicyclic) bond motifs is 3. The lowest BCUT2D eigenvalue weighted by molar-refractivity contribution is 0.0620. The summed E-state index contributed by atoms with van der Waals surface area (Å²) in [6, 6.07) is 11.3. The van der Waals surface area contributed by atoms with Crippen molar-refractivity contribution in [3.05, 3.63) is 64.1 Å². The van der Waals surface area contributed by atoms with Gasteiger partial charge in [-0.15, -0.1) is 0 Å². The Balaban J connectivity index is 1.53. The molecule has 0 radical (unpaired) electrons. The van der Waals surface area contributed by atoms with Crippen molar-refractivity contribution in [2.75, 3.05) is 19.6 Å². The van der Waals surface area contributed by atoms with E-state index in [9.17, 15) is 9.59 Å². The molecule has 3 fully saturated rings. The largest absolute Gasteiger partial charge is 0.348 e. The summed E-state index contributed by atoms with van der Waals surface area (Å²) in [5, 5.41) is 3.19. The smallest absolute Gasteiger partial charge is 0.255 e. The van der Waals surface area contributed by atoms with Crippen LogP contribution in [0, 0.1) is 5.92 Å². The van der Waals surface area contributed by atoms with Gasteiger partial charge in [0.1, 0.15) is 0 Å². The van der Waals surface area contributed by atoms with Gasteiger partial charge in [-0.05, 0) is 62.0 Å². The highest BCUT2D eigenvalue weighted by atomic mass is 16.2. The fourth-order valence-corrected chi connectivity index (χ4v) is 4.32. The third kappa shape index (κ3) is 3.83. The van der Waals surface area contributed by atoms with E-state index in [1.165, 1.54) is 11.6 Å². The number of hydrogen-bond donors (Lipinski definition) is 1. The lowest BCUT2D eigenvalue weighted by atomic mass is 9.84. The van der Waals surface area contributed by atoms with Crippen LogP contribution in [0.5, 0.6) is 0 Å². The molecule has 27 heavy (non-hydrogen) atoms. The summed E-state index contributed by atoms with van der Waals surface area (Å²) in [6.45, 7) is 5.39. The molecule has 1 amide bonds. The number of amides is 1. The van der Waals surface area contributed by atoms with E-state index in [4.69, 9.17) is 0 Å². The number of carbonyl (C=O) groups excluding carboxylic acids is 1. The van der Waals surface area contributed by atoms with Crippen molar-refractivity contribution in [2.24, 2.45) is 5.92 Å². The van der Waals surface area contributed by atoms with Gasteiger partial charge >= 0.3 is 0 Å². The summed E-state index contributed by atoms with van der Waals surface area (Å²) in [7, 11) is 0. The number of nitrogens with zero attached hydrogens (tertiary/aromatic N) is 2. The minimum Gasteiger partial charge on any atom is -0.348 e. The molecule has 5 nitrogen and oxygen atoms in total. The van der Waals surface area contributed by atoms with Crippen LogP contribution in [0.15, 0.2) is 47.4 Å². The average Bonchev–Trinajstić information content (AvgIpc) is 2.70. The molecule has 142 valence electrons.